The quantitative estimate of drug-likeness (QED) is 0.778. The zero-order valence-electron chi connectivity index (χ0n) is 5.76. The van der Waals surface area contributed by atoms with Crippen LogP contribution in [-0.2, 0) is 0 Å². The molecule has 1 aromatic rings. The maximum absolute atomic E-state index is 11.6. The molecule has 0 aliphatic heterocycles. The largest absolute Gasteiger partial charge is 0.489 e. The molecule has 4 heteroatoms. The topological polar surface area (TPSA) is 22.1 Å². The Bertz CT molecular complexity index is 231. The average Bonchev–Trinajstić information content (AvgIpc) is 2.01. The summed E-state index contributed by atoms with van der Waals surface area (Å²) >= 11 is 3.22. The highest BCUT2D eigenvalue weighted by Crippen LogP contribution is 2.15. The van der Waals surface area contributed by atoms with E-state index in [0.717, 1.165) is 4.47 Å². The van der Waals surface area contributed by atoms with E-state index in [1.165, 1.54) is 0 Å². The predicted molar refractivity (Wildman–Crippen MR) is 43.4 cm³/mol. The van der Waals surface area contributed by atoms with Crippen LogP contribution in [0.2, 0.25) is 0 Å². The summed E-state index contributed by atoms with van der Waals surface area (Å²) in [6, 6.07) is 1.74. The first-order valence-electron chi connectivity index (χ1n) is 3.12. The minimum absolute atomic E-state index is 0.0815. The van der Waals surface area contributed by atoms with Gasteiger partial charge in [0.1, 0.15) is 19.0 Å². The lowest BCUT2D eigenvalue weighted by Crippen LogP contribution is -1.98. The Kier molecular flexibility index (Phi) is 3.29. The summed E-state index contributed by atoms with van der Waals surface area (Å²) in [5.74, 6) is 0.581. The third kappa shape index (κ3) is 2.84. The van der Waals surface area contributed by atoms with E-state index in [9.17, 15) is 4.39 Å². The molecule has 0 saturated heterocycles. The van der Waals surface area contributed by atoms with Gasteiger partial charge in [0.15, 0.2) is 0 Å². The predicted octanol–water partition coefficient (Wildman–Crippen LogP) is 2.19. The molecular formula is C7H7BrFNO. The van der Waals surface area contributed by atoms with Crippen LogP contribution in [0.4, 0.5) is 4.39 Å². The Hall–Kier alpha value is -0.640. The van der Waals surface area contributed by atoms with E-state index in [1.54, 1.807) is 18.5 Å². The number of nitrogens with zero attached hydrogens (tertiary/aromatic N) is 1. The number of aromatic nitrogens is 1. The Morgan fingerprint density at radius 3 is 3.00 bits per heavy atom. The van der Waals surface area contributed by atoms with Gasteiger partial charge in [-0.3, -0.25) is 4.98 Å². The van der Waals surface area contributed by atoms with Gasteiger partial charge < -0.3 is 4.74 Å². The lowest BCUT2D eigenvalue weighted by Gasteiger charge is -2.01. The van der Waals surface area contributed by atoms with Gasteiger partial charge in [0, 0.05) is 10.7 Å². The molecule has 11 heavy (non-hydrogen) atoms. The number of rotatable bonds is 3. The Balaban J connectivity index is 2.56. The van der Waals surface area contributed by atoms with E-state index in [-0.39, 0.29) is 6.61 Å². The molecule has 0 fully saturated rings. The van der Waals surface area contributed by atoms with Crippen LogP contribution in [0.5, 0.6) is 5.75 Å². The lowest BCUT2D eigenvalue weighted by molar-refractivity contribution is 0.272. The summed E-state index contributed by atoms with van der Waals surface area (Å²) in [7, 11) is 0. The molecule has 1 rings (SSSR count). The average molecular weight is 220 g/mol. The van der Waals surface area contributed by atoms with E-state index >= 15 is 0 Å². The first kappa shape index (κ1) is 8.46. The lowest BCUT2D eigenvalue weighted by atomic mass is 10.5. The number of hydrogen-bond acceptors (Lipinski definition) is 2. The maximum Gasteiger partial charge on any atom is 0.138 e. The third-order valence-corrected chi connectivity index (χ3v) is 1.46. The van der Waals surface area contributed by atoms with E-state index < -0.39 is 6.67 Å². The van der Waals surface area contributed by atoms with Gasteiger partial charge in [0.25, 0.3) is 0 Å². The summed E-state index contributed by atoms with van der Waals surface area (Å²) in [5, 5.41) is 0. The van der Waals surface area contributed by atoms with Crippen molar-refractivity contribution in [3.8, 4) is 5.75 Å². The number of hydrogen-bond donors (Lipinski definition) is 0. The van der Waals surface area contributed by atoms with E-state index in [4.69, 9.17) is 4.74 Å². The molecule has 1 heterocycles. The Labute approximate surface area is 72.5 Å². The SMILES string of the molecule is FCCOc1cncc(Br)c1. The molecule has 0 unspecified atom stereocenters. The second-order valence-electron chi connectivity index (χ2n) is 1.88. The molecule has 0 aliphatic carbocycles. The van der Waals surface area contributed by atoms with Crippen molar-refractivity contribution < 1.29 is 9.13 Å². The maximum atomic E-state index is 11.6. The van der Waals surface area contributed by atoms with Crippen molar-refractivity contribution in [2.45, 2.75) is 0 Å². The second kappa shape index (κ2) is 4.28. The molecule has 0 atom stereocenters. The minimum Gasteiger partial charge on any atom is -0.489 e. The number of alkyl halides is 1. The van der Waals surface area contributed by atoms with Gasteiger partial charge >= 0.3 is 0 Å². The van der Waals surface area contributed by atoms with Gasteiger partial charge in [0.05, 0.1) is 6.20 Å². The van der Waals surface area contributed by atoms with Crippen molar-refractivity contribution in [3.05, 3.63) is 22.9 Å². The zero-order chi connectivity index (χ0) is 8.10. The molecule has 0 bridgehead atoms. The number of halogens is 2. The van der Waals surface area contributed by atoms with Crippen molar-refractivity contribution >= 4 is 15.9 Å². The molecular weight excluding hydrogens is 213 g/mol. The van der Waals surface area contributed by atoms with Crippen LogP contribution >= 0.6 is 15.9 Å². The van der Waals surface area contributed by atoms with E-state index in [1.807, 2.05) is 0 Å². The fourth-order valence-electron chi connectivity index (χ4n) is 0.628. The van der Waals surface area contributed by atoms with Crippen molar-refractivity contribution in [3.63, 3.8) is 0 Å². The van der Waals surface area contributed by atoms with Crippen molar-refractivity contribution in [2.24, 2.45) is 0 Å². The molecule has 0 radical (unpaired) electrons. The molecule has 0 aliphatic rings. The summed E-state index contributed by atoms with van der Waals surface area (Å²) in [5.41, 5.74) is 0. The Morgan fingerprint density at radius 2 is 2.36 bits per heavy atom. The third-order valence-electron chi connectivity index (χ3n) is 1.03. The van der Waals surface area contributed by atoms with Crippen LogP contribution in [-0.4, -0.2) is 18.3 Å². The highest BCUT2D eigenvalue weighted by molar-refractivity contribution is 9.10. The van der Waals surface area contributed by atoms with Gasteiger partial charge in [-0.1, -0.05) is 0 Å². The summed E-state index contributed by atoms with van der Waals surface area (Å²) in [6.45, 7) is -0.398. The van der Waals surface area contributed by atoms with Gasteiger partial charge in [-0.25, -0.2) is 4.39 Å². The molecule has 0 aromatic carbocycles. The van der Waals surface area contributed by atoms with Crippen LogP contribution in [0.1, 0.15) is 0 Å². The monoisotopic (exact) mass is 219 g/mol. The fraction of sp³-hybridized carbons (Fsp3) is 0.286. The minimum atomic E-state index is -0.480. The van der Waals surface area contributed by atoms with Gasteiger partial charge in [-0.2, -0.15) is 0 Å². The number of ether oxygens (including phenoxy) is 1. The van der Waals surface area contributed by atoms with Crippen LogP contribution in [0.3, 0.4) is 0 Å². The molecule has 0 amide bonds. The van der Waals surface area contributed by atoms with Gasteiger partial charge in [0.2, 0.25) is 0 Å². The first-order valence-corrected chi connectivity index (χ1v) is 3.91. The normalized spacial score (nSPS) is 9.64. The summed E-state index contributed by atoms with van der Waals surface area (Å²) in [6.07, 6.45) is 3.18. The van der Waals surface area contributed by atoms with Crippen LogP contribution in [0.15, 0.2) is 22.9 Å². The van der Waals surface area contributed by atoms with Crippen molar-refractivity contribution in [1.82, 2.24) is 4.98 Å². The summed E-state index contributed by atoms with van der Waals surface area (Å²) in [4.78, 5) is 3.84. The Morgan fingerprint density at radius 1 is 1.55 bits per heavy atom. The highest BCUT2D eigenvalue weighted by Gasteiger charge is 1.93. The number of pyridine rings is 1. The van der Waals surface area contributed by atoms with Crippen molar-refractivity contribution in [1.29, 1.82) is 0 Å². The van der Waals surface area contributed by atoms with E-state index in [2.05, 4.69) is 20.9 Å². The molecule has 60 valence electrons. The van der Waals surface area contributed by atoms with Gasteiger partial charge in [-0.15, -0.1) is 0 Å². The van der Waals surface area contributed by atoms with E-state index in [0.29, 0.717) is 5.75 Å². The van der Waals surface area contributed by atoms with Crippen LogP contribution < -0.4 is 4.74 Å². The molecule has 0 N–H and O–H groups in total. The standard InChI is InChI=1S/C7H7BrFNO/c8-6-3-7(5-10-4-6)11-2-1-9/h3-5H,1-2H2. The molecule has 1 aromatic heterocycles. The van der Waals surface area contributed by atoms with Crippen molar-refractivity contribution in [2.75, 3.05) is 13.3 Å². The molecule has 0 spiro atoms. The van der Waals surface area contributed by atoms with Gasteiger partial charge in [-0.05, 0) is 22.0 Å². The molecule has 0 saturated carbocycles. The first-order chi connectivity index (χ1) is 5.33. The van der Waals surface area contributed by atoms with Crippen LogP contribution in [0.25, 0.3) is 0 Å². The molecule has 2 nitrogen and oxygen atoms in total. The second-order valence-corrected chi connectivity index (χ2v) is 2.79. The van der Waals surface area contributed by atoms with Crippen LogP contribution in [0, 0.1) is 0 Å². The highest BCUT2D eigenvalue weighted by atomic mass is 79.9. The smallest absolute Gasteiger partial charge is 0.138 e. The fourth-order valence-corrected chi connectivity index (χ4v) is 0.972. The zero-order valence-corrected chi connectivity index (χ0v) is 7.34. The summed E-state index contributed by atoms with van der Waals surface area (Å²) < 4.78 is 17.4.